The van der Waals surface area contributed by atoms with Crippen molar-refractivity contribution in [2.45, 2.75) is 51.9 Å². The van der Waals surface area contributed by atoms with Crippen LogP contribution in [0.5, 0.6) is 0 Å². The summed E-state index contributed by atoms with van der Waals surface area (Å²) in [6.07, 6.45) is 2.10. The molecule has 1 N–H and O–H groups in total. The first kappa shape index (κ1) is 21.5. The quantitative estimate of drug-likeness (QED) is 0.789. The monoisotopic (exact) mass is 426 g/mol. The summed E-state index contributed by atoms with van der Waals surface area (Å²) >= 11 is 0. The zero-order valence-corrected chi connectivity index (χ0v) is 18.4. The van der Waals surface area contributed by atoms with E-state index >= 15 is 0 Å². The first-order valence-corrected chi connectivity index (χ1v) is 10.9. The van der Waals surface area contributed by atoms with E-state index in [1.54, 1.807) is 0 Å². The first-order valence-electron chi connectivity index (χ1n) is 10.9. The number of nitrogens with zero attached hydrogens (tertiary/aromatic N) is 3. The number of likely N-dealkylation sites (tertiary alicyclic amines) is 1. The summed E-state index contributed by atoms with van der Waals surface area (Å²) < 4.78 is 11.1. The van der Waals surface area contributed by atoms with Gasteiger partial charge in [0, 0.05) is 56.2 Å². The molecule has 0 radical (unpaired) electrons. The molecule has 2 saturated heterocycles. The molecule has 31 heavy (non-hydrogen) atoms. The molecule has 4 rings (SSSR count). The van der Waals surface area contributed by atoms with E-state index in [1.807, 2.05) is 43.0 Å². The second-order valence-corrected chi connectivity index (χ2v) is 9.00. The molecule has 8 nitrogen and oxygen atoms in total. The van der Waals surface area contributed by atoms with Crippen molar-refractivity contribution >= 4 is 17.5 Å². The maximum atomic E-state index is 13.2. The van der Waals surface area contributed by atoms with Crippen molar-refractivity contribution in [1.82, 2.24) is 15.0 Å². The van der Waals surface area contributed by atoms with Gasteiger partial charge in [-0.1, -0.05) is 31.1 Å². The van der Waals surface area contributed by atoms with E-state index in [9.17, 15) is 9.59 Å². The number of anilines is 1. The van der Waals surface area contributed by atoms with E-state index in [0.29, 0.717) is 44.4 Å². The topological polar surface area (TPSA) is 97.6 Å². The molecule has 2 aliphatic heterocycles. The Morgan fingerprint density at radius 1 is 1.23 bits per heavy atom. The number of aromatic nitrogens is 2. The van der Waals surface area contributed by atoms with Gasteiger partial charge in [0.1, 0.15) is 0 Å². The molecule has 2 aromatic rings. The van der Waals surface area contributed by atoms with Crippen LogP contribution in [0.4, 0.5) is 5.69 Å². The molecule has 1 aromatic carbocycles. The van der Waals surface area contributed by atoms with Crippen molar-refractivity contribution in [2.24, 2.45) is 5.41 Å². The Morgan fingerprint density at radius 2 is 1.94 bits per heavy atom. The SMILES string of the molecule is CC(=O)Nc1ccc(CC(=O)N2CC(c3noc(C(C)C)n3)C3(CCOCC3)C2)cc1. The maximum absolute atomic E-state index is 13.2. The minimum Gasteiger partial charge on any atom is -0.381 e. The molecule has 0 aliphatic carbocycles. The molecule has 3 heterocycles. The van der Waals surface area contributed by atoms with Crippen molar-refractivity contribution in [3.63, 3.8) is 0 Å². The van der Waals surface area contributed by atoms with Crippen molar-refractivity contribution < 1.29 is 18.8 Å². The number of ether oxygens (including phenoxy) is 1. The average molecular weight is 427 g/mol. The van der Waals surface area contributed by atoms with Crippen molar-refractivity contribution in [2.75, 3.05) is 31.6 Å². The van der Waals surface area contributed by atoms with Gasteiger partial charge in [-0.15, -0.1) is 0 Å². The highest BCUT2D eigenvalue weighted by Gasteiger charge is 2.51. The maximum Gasteiger partial charge on any atom is 0.229 e. The molecule has 0 bridgehead atoms. The predicted molar refractivity (Wildman–Crippen MR) is 115 cm³/mol. The van der Waals surface area contributed by atoms with E-state index in [-0.39, 0.29) is 29.1 Å². The van der Waals surface area contributed by atoms with Crippen LogP contribution in [0.25, 0.3) is 0 Å². The summed E-state index contributed by atoms with van der Waals surface area (Å²) in [5, 5.41) is 7.02. The summed E-state index contributed by atoms with van der Waals surface area (Å²) in [7, 11) is 0. The van der Waals surface area contributed by atoms with Crippen molar-refractivity contribution in [3.8, 4) is 0 Å². The highest BCUT2D eigenvalue weighted by Crippen LogP contribution is 2.49. The second-order valence-electron chi connectivity index (χ2n) is 9.00. The Kier molecular flexibility index (Phi) is 6.09. The number of carbonyl (C=O) groups is 2. The molecular weight excluding hydrogens is 396 g/mol. The van der Waals surface area contributed by atoms with Gasteiger partial charge >= 0.3 is 0 Å². The normalized spacial score (nSPS) is 20.4. The Labute approximate surface area is 182 Å². The number of hydrogen-bond acceptors (Lipinski definition) is 6. The highest BCUT2D eigenvalue weighted by atomic mass is 16.5. The number of carbonyl (C=O) groups excluding carboxylic acids is 2. The Hall–Kier alpha value is -2.74. The molecule has 1 unspecified atom stereocenters. The van der Waals surface area contributed by atoms with Gasteiger partial charge in [0.25, 0.3) is 0 Å². The van der Waals surface area contributed by atoms with Gasteiger partial charge in [-0.2, -0.15) is 4.98 Å². The van der Waals surface area contributed by atoms with Crippen molar-refractivity contribution in [3.05, 3.63) is 41.5 Å². The summed E-state index contributed by atoms with van der Waals surface area (Å²) in [5.74, 6) is 1.55. The molecule has 0 saturated carbocycles. The Morgan fingerprint density at radius 3 is 2.55 bits per heavy atom. The largest absolute Gasteiger partial charge is 0.381 e. The smallest absolute Gasteiger partial charge is 0.229 e. The van der Waals surface area contributed by atoms with Crippen molar-refractivity contribution in [1.29, 1.82) is 0 Å². The molecule has 166 valence electrons. The number of nitrogens with one attached hydrogen (secondary N) is 1. The molecule has 8 heteroatoms. The van der Waals surface area contributed by atoms with Crippen LogP contribution in [0, 0.1) is 5.41 Å². The lowest BCUT2D eigenvalue weighted by molar-refractivity contribution is -0.130. The number of hydrogen-bond donors (Lipinski definition) is 1. The van der Waals surface area contributed by atoms with Crippen LogP contribution in [0.1, 0.15) is 62.7 Å². The van der Waals surface area contributed by atoms with Crippen LogP contribution in [-0.4, -0.2) is 53.2 Å². The third kappa shape index (κ3) is 4.63. The molecule has 1 aromatic heterocycles. The fourth-order valence-electron chi connectivity index (χ4n) is 4.62. The minimum atomic E-state index is -0.115. The van der Waals surface area contributed by atoms with E-state index in [2.05, 4.69) is 15.5 Å². The zero-order chi connectivity index (χ0) is 22.0. The van der Waals surface area contributed by atoms with Crippen LogP contribution in [0.2, 0.25) is 0 Å². The van der Waals surface area contributed by atoms with Gasteiger partial charge in [0.2, 0.25) is 17.7 Å². The average Bonchev–Trinajstić information content (AvgIpc) is 3.35. The van der Waals surface area contributed by atoms with E-state index < -0.39 is 0 Å². The molecule has 2 fully saturated rings. The Balaban J connectivity index is 1.49. The second kappa shape index (κ2) is 8.78. The molecular formula is C23H30N4O4. The predicted octanol–water partition coefficient (Wildman–Crippen LogP) is 3.12. The molecule has 1 atom stereocenters. The molecule has 2 amide bonds. The summed E-state index contributed by atoms with van der Waals surface area (Å²) in [5.41, 5.74) is 1.58. The lowest BCUT2D eigenvalue weighted by atomic mass is 9.72. The van der Waals surface area contributed by atoms with E-state index in [1.165, 1.54) is 6.92 Å². The van der Waals surface area contributed by atoms with Crippen LogP contribution in [0.15, 0.2) is 28.8 Å². The number of benzene rings is 1. The lowest BCUT2D eigenvalue weighted by Crippen LogP contribution is -2.37. The van der Waals surface area contributed by atoms with Crippen LogP contribution >= 0.6 is 0 Å². The van der Waals surface area contributed by atoms with Crippen LogP contribution in [0.3, 0.4) is 0 Å². The van der Waals surface area contributed by atoms with Gasteiger partial charge in [0.15, 0.2) is 5.82 Å². The fraction of sp³-hybridized carbons (Fsp3) is 0.565. The number of amides is 2. The first-order chi connectivity index (χ1) is 14.9. The van der Waals surface area contributed by atoms with Gasteiger partial charge in [-0.25, -0.2) is 0 Å². The zero-order valence-electron chi connectivity index (χ0n) is 18.4. The summed E-state index contributed by atoms with van der Waals surface area (Å²) in [6, 6.07) is 7.41. The summed E-state index contributed by atoms with van der Waals surface area (Å²) in [4.78, 5) is 30.9. The standard InChI is InChI=1S/C23H30N4O4/c1-15(2)22-25-21(26-31-22)19-13-27(14-23(19)8-10-30-11-9-23)20(29)12-17-4-6-18(7-5-17)24-16(3)28/h4-7,15,19H,8-14H2,1-3H3,(H,24,28). The van der Waals surface area contributed by atoms with Gasteiger partial charge in [-0.05, 0) is 30.5 Å². The van der Waals surface area contributed by atoms with Gasteiger partial charge in [-0.3, -0.25) is 9.59 Å². The van der Waals surface area contributed by atoms with Crippen LogP contribution in [-0.2, 0) is 20.7 Å². The van der Waals surface area contributed by atoms with Gasteiger partial charge in [0.05, 0.1) is 6.42 Å². The van der Waals surface area contributed by atoms with Gasteiger partial charge < -0.3 is 19.5 Å². The van der Waals surface area contributed by atoms with E-state index in [0.717, 1.165) is 24.1 Å². The van der Waals surface area contributed by atoms with Crippen LogP contribution < -0.4 is 5.32 Å². The third-order valence-corrected chi connectivity index (χ3v) is 6.38. The van der Waals surface area contributed by atoms with E-state index in [4.69, 9.17) is 9.26 Å². The number of rotatable bonds is 5. The fourth-order valence-corrected chi connectivity index (χ4v) is 4.62. The minimum absolute atomic E-state index is 0.0544. The molecule has 2 aliphatic rings. The highest BCUT2D eigenvalue weighted by molar-refractivity contribution is 5.88. The summed E-state index contributed by atoms with van der Waals surface area (Å²) in [6.45, 7) is 8.21. The molecule has 1 spiro atoms. The third-order valence-electron chi connectivity index (χ3n) is 6.38. The lowest BCUT2D eigenvalue weighted by Gasteiger charge is -2.36. The Bertz CT molecular complexity index is 931.